The van der Waals surface area contributed by atoms with Crippen molar-refractivity contribution in [3.63, 3.8) is 0 Å². The number of halogens is 1. The Morgan fingerprint density at radius 2 is 2.24 bits per heavy atom. The molecule has 5 heteroatoms. The number of hydrogen-bond donors (Lipinski definition) is 2. The fourth-order valence-corrected chi connectivity index (χ4v) is 1.38. The van der Waals surface area contributed by atoms with Crippen LogP contribution in [0.25, 0.3) is 6.08 Å². The van der Waals surface area contributed by atoms with E-state index in [1.165, 1.54) is 12.3 Å². The van der Waals surface area contributed by atoms with Gasteiger partial charge in [0.1, 0.15) is 17.6 Å². The molecule has 0 saturated heterocycles. The molecule has 0 aliphatic rings. The van der Waals surface area contributed by atoms with E-state index in [0.29, 0.717) is 16.8 Å². The van der Waals surface area contributed by atoms with E-state index in [4.69, 9.17) is 16.8 Å². The molecular formula is C12H13FN4. The molecule has 0 aliphatic carbocycles. The summed E-state index contributed by atoms with van der Waals surface area (Å²) in [7, 11) is 0. The van der Waals surface area contributed by atoms with Crippen LogP contribution in [-0.2, 0) is 0 Å². The van der Waals surface area contributed by atoms with Crippen LogP contribution in [0.3, 0.4) is 0 Å². The average Bonchev–Trinajstić information content (AvgIpc) is 2.32. The fraction of sp³-hybridized carbons (Fsp3) is 0.0833. The van der Waals surface area contributed by atoms with E-state index >= 15 is 0 Å². The van der Waals surface area contributed by atoms with Crippen LogP contribution in [0.1, 0.15) is 11.1 Å². The van der Waals surface area contributed by atoms with Gasteiger partial charge in [0.05, 0.1) is 11.9 Å². The summed E-state index contributed by atoms with van der Waals surface area (Å²) in [5.41, 5.74) is 6.47. The van der Waals surface area contributed by atoms with Crippen LogP contribution in [0.4, 0.5) is 10.1 Å². The van der Waals surface area contributed by atoms with Gasteiger partial charge in [0.2, 0.25) is 0 Å². The Bertz CT molecular complexity index is 514. The second kappa shape index (κ2) is 5.14. The molecule has 1 aromatic carbocycles. The van der Waals surface area contributed by atoms with Gasteiger partial charge in [-0.25, -0.2) is 10.2 Å². The molecule has 4 N–H and O–H groups in total. The molecule has 0 fully saturated rings. The Hall–Kier alpha value is -2.32. The summed E-state index contributed by atoms with van der Waals surface area (Å²) in [6, 6.07) is 4.92. The summed E-state index contributed by atoms with van der Waals surface area (Å²) >= 11 is 0. The summed E-state index contributed by atoms with van der Waals surface area (Å²) in [4.78, 5) is 0. The highest BCUT2D eigenvalue weighted by atomic mass is 19.1. The van der Waals surface area contributed by atoms with Gasteiger partial charge in [0, 0.05) is 11.1 Å². The van der Waals surface area contributed by atoms with E-state index in [1.807, 2.05) is 0 Å². The van der Waals surface area contributed by atoms with Gasteiger partial charge < -0.3 is 5.73 Å². The van der Waals surface area contributed by atoms with E-state index in [-0.39, 0.29) is 5.70 Å². The lowest BCUT2D eigenvalue weighted by Gasteiger charge is -2.17. The molecular weight excluding hydrogens is 219 g/mol. The van der Waals surface area contributed by atoms with E-state index in [1.54, 1.807) is 25.1 Å². The Morgan fingerprint density at radius 1 is 1.59 bits per heavy atom. The van der Waals surface area contributed by atoms with Crippen LogP contribution in [0, 0.1) is 24.1 Å². The van der Waals surface area contributed by atoms with E-state index < -0.39 is 5.82 Å². The van der Waals surface area contributed by atoms with Gasteiger partial charge in [-0.1, -0.05) is 12.7 Å². The standard InChI is InChI=1S/C12H13FN4/c1-3-9-4-5-11(8(2)12(9)13)17(16)7-10(15)6-14/h3-5,7H,1,15-16H2,2H3/b10-7-. The van der Waals surface area contributed by atoms with Crippen LogP contribution in [0.15, 0.2) is 30.6 Å². The molecule has 0 aliphatic heterocycles. The van der Waals surface area contributed by atoms with Crippen molar-refractivity contribution in [1.29, 1.82) is 5.26 Å². The largest absolute Gasteiger partial charge is 0.389 e. The maximum atomic E-state index is 13.8. The third-order valence-electron chi connectivity index (χ3n) is 2.29. The molecule has 0 bridgehead atoms. The molecule has 4 nitrogen and oxygen atoms in total. The zero-order valence-electron chi connectivity index (χ0n) is 9.44. The van der Waals surface area contributed by atoms with Gasteiger partial charge in [0.15, 0.2) is 0 Å². The highest BCUT2D eigenvalue weighted by Gasteiger charge is 2.10. The smallest absolute Gasteiger partial charge is 0.135 e. The SMILES string of the molecule is C=Cc1ccc(N(N)/C=C(\N)C#N)c(C)c1F. The number of nitriles is 1. The number of allylic oxidation sites excluding steroid dienone is 1. The monoisotopic (exact) mass is 232 g/mol. The highest BCUT2D eigenvalue weighted by Crippen LogP contribution is 2.24. The van der Waals surface area contributed by atoms with Crippen molar-refractivity contribution in [2.45, 2.75) is 6.92 Å². The summed E-state index contributed by atoms with van der Waals surface area (Å²) in [5, 5.41) is 9.64. The summed E-state index contributed by atoms with van der Waals surface area (Å²) < 4.78 is 13.8. The minimum atomic E-state index is -0.392. The third-order valence-corrected chi connectivity index (χ3v) is 2.29. The van der Waals surface area contributed by atoms with Crippen molar-refractivity contribution in [2.75, 3.05) is 5.01 Å². The number of nitrogens with two attached hydrogens (primary N) is 2. The van der Waals surface area contributed by atoms with Crippen molar-refractivity contribution in [2.24, 2.45) is 11.6 Å². The van der Waals surface area contributed by atoms with Crippen LogP contribution < -0.4 is 16.6 Å². The first-order valence-corrected chi connectivity index (χ1v) is 4.84. The molecule has 88 valence electrons. The van der Waals surface area contributed by atoms with Crippen LogP contribution in [-0.4, -0.2) is 0 Å². The molecule has 1 aromatic rings. The van der Waals surface area contributed by atoms with Gasteiger partial charge >= 0.3 is 0 Å². The molecule has 0 unspecified atom stereocenters. The lowest BCUT2D eigenvalue weighted by molar-refractivity contribution is 0.615. The van der Waals surface area contributed by atoms with Crippen LogP contribution in [0.2, 0.25) is 0 Å². The lowest BCUT2D eigenvalue weighted by Crippen LogP contribution is -2.26. The first-order valence-electron chi connectivity index (χ1n) is 4.84. The quantitative estimate of drug-likeness (QED) is 0.473. The normalized spacial score (nSPS) is 10.8. The molecule has 0 amide bonds. The predicted molar refractivity (Wildman–Crippen MR) is 65.8 cm³/mol. The number of hydrazine groups is 1. The summed E-state index contributed by atoms with van der Waals surface area (Å²) in [6.07, 6.45) is 2.65. The fourth-order valence-electron chi connectivity index (χ4n) is 1.38. The molecule has 0 atom stereocenters. The Morgan fingerprint density at radius 3 is 2.76 bits per heavy atom. The minimum absolute atomic E-state index is 0.0555. The van der Waals surface area contributed by atoms with Crippen LogP contribution in [0.5, 0.6) is 0 Å². The Balaban J connectivity index is 3.22. The first kappa shape index (κ1) is 12.7. The zero-order valence-corrected chi connectivity index (χ0v) is 9.44. The predicted octanol–water partition coefficient (Wildman–Crippen LogP) is 1.78. The topological polar surface area (TPSA) is 79.1 Å². The number of anilines is 1. The minimum Gasteiger partial charge on any atom is -0.389 e. The Labute approximate surface area is 99.2 Å². The van der Waals surface area contributed by atoms with E-state index in [2.05, 4.69) is 6.58 Å². The second-order valence-electron chi connectivity index (χ2n) is 3.42. The van der Waals surface area contributed by atoms with Gasteiger partial charge in [-0.3, -0.25) is 5.01 Å². The number of benzene rings is 1. The van der Waals surface area contributed by atoms with Crippen molar-refractivity contribution < 1.29 is 4.39 Å². The number of nitrogens with zero attached hydrogens (tertiary/aromatic N) is 2. The van der Waals surface area contributed by atoms with Gasteiger partial charge in [-0.2, -0.15) is 5.26 Å². The van der Waals surface area contributed by atoms with E-state index in [0.717, 1.165) is 5.01 Å². The third kappa shape index (κ3) is 2.62. The van der Waals surface area contributed by atoms with Crippen molar-refractivity contribution >= 4 is 11.8 Å². The maximum Gasteiger partial charge on any atom is 0.135 e. The Kier molecular flexibility index (Phi) is 3.86. The second-order valence-corrected chi connectivity index (χ2v) is 3.42. The summed E-state index contributed by atoms with van der Waals surface area (Å²) in [5.74, 6) is 5.27. The highest BCUT2D eigenvalue weighted by molar-refractivity contribution is 5.61. The molecule has 17 heavy (non-hydrogen) atoms. The molecule has 1 rings (SSSR count). The summed E-state index contributed by atoms with van der Waals surface area (Å²) in [6.45, 7) is 5.10. The van der Waals surface area contributed by atoms with Crippen molar-refractivity contribution in [1.82, 2.24) is 0 Å². The van der Waals surface area contributed by atoms with Gasteiger partial charge in [0.25, 0.3) is 0 Å². The van der Waals surface area contributed by atoms with Crippen molar-refractivity contribution in [3.8, 4) is 6.07 Å². The van der Waals surface area contributed by atoms with Gasteiger partial charge in [-0.15, -0.1) is 0 Å². The molecule has 0 spiro atoms. The molecule has 0 heterocycles. The molecule has 0 saturated carbocycles. The lowest BCUT2D eigenvalue weighted by atomic mass is 10.1. The molecule has 0 radical (unpaired) electrons. The zero-order chi connectivity index (χ0) is 13.0. The maximum absolute atomic E-state index is 13.8. The van der Waals surface area contributed by atoms with Crippen LogP contribution >= 0.6 is 0 Å². The van der Waals surface area contributed by atoms with E-state index in [9.17, 15) is 4.39 Å². The molecule has 0 aromatic heterocycles. The number of hydrogen-bond acceptors (Lipinski definition) is 4. The average molecular weight is 232 g/mol. The number of rotatable bonds is 3. The first-order chi connectivity index (χ1) is 8.01. The van der Waals surface area contributed by atoms with Gasteiger partial charge in [-0.05, 0) is 19.1 Å². The van der Waals surface area contributed by atoms with Crippen molar-refractivity contribution in [3.05, 3.63) is 47.6 Å².